The Balaban J connectivity index is 1.35. The van der Waals surface area contributed by atoms with Crippen molar-refractivity contribution in [3.8, 4) is 0 Å². The Bertz CT molecular complexity index is 992. The molecule has 3 nitrogen and oxygen atoms in total. The molecule has 1 spiro atoms. The van der Waals surface area contributed by atoms with Crippen LogP contribution in [0.5, 0.6) is 0 Å². The van der Waals surface area contributed by atoms with Gasteiger partial charge in [0.05, 0.1) is 5.69 Å². The summed E-state index contributed by atoms with van der Waals surface area (Å²) < 4.78 is 14.5. The zero-order valence-electron chi connectivity index (χ0n) is 18.2. The van der Waals surface area contributed by atoms with Crippen LogP contribution in [0.2, 0.25) is 5.02 Å². The summed E-state index contributed by atoms with van der Waals surface area (Å²) >= 11 is 6.29. The summed E-state index contributed by atoms with van der Waals surface area (Å²) in [5.41, 5.74) is 6.14. The molecule has 5 heteroatoms. The van der Waals surface area contributed by atoms with Crippen molar-refractivity contribution in [2.75, 3.05) is 30.3 Å². The van der Waals surface area contributed by atoms with Gasteiger partial charge >= 0.3 is 0 Å². The maximum atomic E-state index is 14.5. The quantitative estimate of drug-likeness (QED) is 0.515. The van der Waals surface area contributed by atoms with Crippen LogP contribution in [-0.2, 0) is 18.3 Å². The van der Waals surface area contributed by atoms with Crippen LogP contribution in [0.1, 0.15) is 42.9 Å². The zero-order chi connectivity index (χ0) is 22.0. The van der Waals surface area contributed by atoms with Gasteiger partial charge in [-0.25, -0.2) is 4.39 Å². The molecule has 2 aromatic rings. The molecule has 0 aliphatic carbocycles. The minimum atomic E-state index is -0.196. The highest BCUT2D eigenvalue weighted by Crippen LogP contribution is 2.50. The molecular weight excluding hydrogens is 409 g/mol. The third kappa shape index (κ3) is 4.24. The second-order valence-corrected chi connectivity index (χ2v) is 9.07. The number of hydrogen-bond acceptors (Lipinski definition) is 3. The first-order chi connectivity index (χ1) is 15.0. The number of anilines is 2. The number of hydrogen-bond donors (Lipinski definition) is 2. The van der Waals surface area contributed by atoms with Gasteiger partial charge in [-0.3, -0.25) is 0 Å². The van der Waals surface area contributed by atoms with E-state index in [4.69, 9.17) is 11.6 Å². The molecule has 4 rings (SSSR count). The lowest BCUT2D eigenvalue weighted by molar-refractivity contribution is 0.179. The van der Waals surface area contributed by atoms with Crippen LogP contribution >= 0.6 is 11.6 Å². The van der Waals surface area contributed by atoms with Crippen LogP contribution in [0.4, 0.5) is 15.8 Å². The van der Waals surface area contributed by atoms with E-state index in [2.05, 4.69) is 46.9 Å². The zero-order valence-corrected chi connectivity index (χ0v) is 19.0. The smallest absolute Gasteiger partial charge is 0.147 e. The van der Waals surface area contributed by atoms with Gasteiger partial charge in [0.15, 0.2) is 0 Å². The molecule has 0 radical (unpaired) electrons. The number of aryl methyl sites for hydroxylation is 2. The second-order valence-electron chi connectivity index (χ2n) is 8.63. The number of nitrogens with one attached hydrogen (secondary N) is 2. The van der Waals surface area contributed by atoms with Gasteiger partial charge in [-0.15, -0.1) is 0 Å². The molecule has 0 saturated carbocycles. The first-order valence-corrected chi connectivity index (χ1v) is 11.5. The average molecular weight is 440 g/mol. The van der Waals surface area contributed by atoms with Crippen LogP contribution in [-0.4, -0.2) is 24.5 Å². The fourth-order valence-electron chi connectivity index (χ4n) is 5.12. The number of allylic oxidation sites excluding steroid dienone is 1. The molecule has 0 amide bonds. The van der Waals surface area contributed by atoms with Crippen LogP contribution < -0.4 is 10.6 Å². The van der Waals surface area contributed by atoms with E-state index in [-0.39, 0.29) is 11.2 Å². The molecular formula is C26H31ClFN3. The van der Waals surface area contributed by atoms with E-state index in [1.165, 1.54) is 11.8 Å². The summed E-state index contributed by atoms with van der Waals surface area (Å²) in [5.74, 6) is -0.196. The lowest BCUT2D eigenvalue weighted by Crippen LogP contribution is -2.43. The Morgan fingerprint density at radius 1 is 1.26 bits per heavy atom. The first-order valence-electron chi connectivity index (χ1n) is 11.1. The summed E-state index contributed by atoms with van der Waals surface area (Å²) in [5, 5.41) is 7.19. The molecule has 2 N–H and O–H groups in total. The highest BCUT2D eigenvalue weighted by Gasteiger charge is 2.44. The van der Waals surface area contributed by atoms with E-state index < -0.39 is 0 Å². The fourth-order valence-corrected chi connectivity index (χ4v) is 5.29. The summed E-state index contributed by atoms with van der Waals surface area (Å²) in [6, 6.07) is 9.87. The highest BCUT2D eigenvalue weighted by molar-refractivity contribution is 6.30. The van der Waals surface area contributed by atoms with Gasteiger partial charge in [-0.2, -0.15) is 0 Å². The first kappa shape index (κ1) is 21.9. The maximum absolute atomic E-state index is 14.5. The van der Waals surface area contributed by atoms with Gasteiger partial charge in [0, 0.05) is 21.8 Å². The molecule has 2 aliphatic heterocycles. The van der Waals surface area contributed by atoms with Crippen molar-refractivity contribution in [3.63, 3.8) is 0 Å². The van der Waals surface area contributed by atoms with Crippen LogP contribution in [0.15, 0.2) is 55.4 Å². The predicted molar refractivity (Wildman–Crippen MR) is 129 cm³/mol. The van der Waals surface area contributed by atoms with Gasteiger partial charge < -0.3 is 15.5 Å². The molecule has 1 saturated heterocycles. The summed E-state index contributed by atoms with van der Waals surface area (Å²) in [4.78, 5) is 2.52. The van der Waals surface area contributed by atoms with Crippen molar-refractivity contribution in [2.45, 2.75) is 44.4 Å². The summed E-state index contributed by atoms with van der Waals surface area (Å²) in [6.45, 7) is 13.1. The maximum Gasteiger partial charge on any atom is 0.147 e. The highest BCUT2D eigenvalue weighted by atomic mass is 35.5. The van der Waals surface area contributed by atoms with Gasteiger partial charge in [0.25, 0.3) is 0 Å². The number of piperidine rings is 1. The minimum absolute atomic E-state index is 0.0100. The van der Waals surface area contributed by atoms with E-state index in [1.54, 1.807) is 6.07 Å². The van der Waals surface area contributed by atoms with Gasteiger partial charge in [-0.05, 0) is 98.9 Å². The van der Waals surface area contributed by atoms with Crippen molar-refractivity contribution in [1.29, 1.82) is 0 Å². The van der Waals surface area contributed by atoms with Crippen LogP contribution in [0, 0.1) is 5.82 Å². The lowest BCUT2D eigenvalue weighted by atomic mass is 9.72. The Kier molecular flexibility index (Phi) is 6.40. The van der Waals surface area contributed by atoms with Gasteiger partial charge in [0.1, 0.15) is 5.82 Å². The Morgan fingerprint density at radius 3 is 2.74 bits per heavy atom. The topological polar surface area (TPSA) is 27.3 Å². The molecule has 1 fully saturated rings. The van der Waals surface area contributed by atoms with E-state index in [0.717, 1.165) is 79.3 Å². The molecule has 164 valence electrons. The standard InChI is InChI=1S/C26H31ClFN3/c1-4-20-15-19(16-23(28)25(20)29-5-2)7-6-12-31-13-10-26(11-14-31)18(3)30-24-9-8-21(27)17-22(24)26/h5,8-9,15-17,29-30H,2-4,6-7,10-14H2,1H3. The number of rotatable bonds is 7. The van der Waals surface area contributed by atoms with Crippen LogP contribution in [0.3, 0.4) is 0 Å². The molecule has 0 bridgehead atoms. The van der Waals surface area contributed by atoms with Crippen molar-refractivity contribution in [2.24, 2.45) is 0 Å². The second kappa shape index (κ2) is 9.05. The lowest BCUT2D eigenvalue weighted by Gasteiger charge is -2.40. The molecule has 2 aliphatic rings. The predicted octanol–water partition coefficient (Wildman–Crippen LogP) is 6.50. The normalized spacial score (nSPS) is 17.5. The third-order valence-electron chi connectivity index (χ3n) is 6.87. The van der Waals surface area contributed by atoms with Crippen molar-refractivity contribution in [1.82, 2.24) is 4.90 Å². The third-order valence-corrected chi connectivity index (χ3v) is 7.10. The monoisotopic (exact) mass is 439 g/mol. The Morgan fingerprint density at radius 2 is 2.03 bits per heavy atom. The number of nitrogens with zero attached hydrogens (tertiary/aromatic N) is 1. The number of halogens is 2. The van der Waals surface area contributed by atoms with E-state index in [0.29, 0.717) is 5.69 Å². The molecule has 0 aromatic heterocycles. The van der Waals surface area contributed by atoms with E-state index in [9.17, 15) is 4.39 Å². The molecule has 2 aromatic carbocycles. The fraction of sp³-hybridized carbons (Fsp3) is 0.385. The number of likely N-dealkylation sites (tertiary alicyclic amines) is 1. The van der Waals surface area contributed by atoms with Crippen molar-refractivity contribution in [3.05, 3.63) is 82.9 Å². The largest absolute Gasteiger partial charge is 0.360 e. The average Bonchev–Trinajstić information content (AvgIpc) is 3.02. The molecule has 0 unspecified atom stereocenters. The van der Waals surface area contributed by atoms with Gasteiger partial charge in [-0.1, -0.05) is 37.7 Å². The molecule has 0 atom stereocenters. The summed E-state index contributed by atoms with van der Waals surface area (Å²) in [7, 11) is 0. The minimum Gasteiger partial charge on any atom is -0.360 e. The number of fused-ring (bicyclic) bond motifs is 2. The Hall–Kier alpha value is -2.30. The van der Waals surface area contributed by atoms with E-state index >= 15 is 0 Å². The molecule has 2 heterocycles. The van der Waals surface area contributed by atoms with E-state index in [1.807, 2.05) is 13.0 Å². The van der Waals surface area contributed by atoms with Crippen molar-refractivity contribution < 1.29 is 4.39 Å². The Labute approximate surface area is 190 Å². The number of benzene rings is 2. The SMILES string of the molecule is C=CNc1c(F)cc(CCCN2CCC3(CC2)C(=C)Nc2ccc(Cl)cc23)cc1CC. The van der Waals surface area contributed by atoms with Crippen LogP contribution in [0.25, 0.3) is 0 Å². The van der Waals surface area contributed by atoms with Crippen molar-refractivity contribution >= 4 is 23.0 Å². The molecule has 31 heavy (non-hydrogen) atoms. The summed E-state index contributed by atoms with van der Waals surface area (Å²) in [6.07, 6.45) is 6.31. The van der Waals surface area contributed by atoms with Gasteiger partial charge in [0.2, 0.25) is 0 Å².